The van der Waals surface area contributed by atoms with Gasteiger partial charge < -0.3 is 11.1 Å². The van der Waals surface area contributed by atoms with Gasteiger partial charge in [0.25, 0.3) is 0 Å². The van der Waals surface area contributed by atoms with E-state index < -0.39 is 0 Å². The third kappa shape index (κ3) is 2.23. The Balaban J connectivity index is 1.59. The average Bonchev–Trinajstić information content (AvgIpc) is 2.78. The molecule has 0 aromatic carbocycles. The summed E-state index contributed by atoms with van der Waals surface area (Å²) in [7, 11) is 0. The second-order valence-corrected chi connectivity index (χ2v) is 4.99. The van der Waals surface area contributed by atoms with E-state index >= 15 is 0 Å². The standard InChI is InChI=1S/C11H22N2/c1-2-4-9-7-10(9)13-8-11(12)5-3-6-11/h9-10,13H,2-8,12H2,1H3. The molecule has 0 heterocycles. The fraction of sp³-hybridized carbons (Fsp3) is 1.00. The van der Waals surface area contributed by atoms with Crippen LogP contribution in [0.4, 0.5) is 0 Å². The van der Waals surface area contributed by atoms with Gasteiger partial charge in [-0.25, -0.2) is 0 Å². The predicted molar refractivity (Wildman–Crippen MR) is 55.6 cm³/mol. The Kier molecular flexibility index (Phi) is 2.61. The number of hydrogen-bond donors (Lipinski definition) is 2. The largest absolute Gasteiger partial charge is 0.324 e. The van der Waals surface area contributed by atoms with Crippen LogP contribution in [0.5, 0.6) is 0 Å². The van der Waals surface area contributed by atoms with Crippen molar-refractivity contribution in [3.63, 3.8) is 0 Å². The predicted octanol–water partition coefficient (Wildman–Crippen LogP) is 1.65. The highest BCUT2D eigenvalue weighted by Crippen LogP contribution is 2.36. The van der Waals surface area contributed by atoms with E-state index in [0.717, 1.165) is 18.5 Å². The van der Waals surface area contributed by atoms with E-state index in [2.05, 4.69) is 12.2 Å². The Morgan fingerprint density at radius 1 is 1.46 bits per heavy atom. The molecule has 2 saturated carbocycles. The maximum atomic E-state index is 6.14. The van der Waals surface area contributed by atoms with Crippen molar-refractivity contribution in [3.8, 4) is 0 Å². The first-order chi connectivity index (χ1) is 6.23. The van der Waals surface area contributed by atoms with Gasteiger partial charge in [-0.2, -0.15) is 0 Å². The average molecular weight is 182 g/mol. The summed E-state index contributed by atoms with van der Waals surface area (Å²) in [4.78, 5) is 0. The Morgan fingerprint density at radius 2 is 2.23 bits per heavy atom. The molecule has 2 atom stereocenters. The number of hydrogen-bond acceptors (Lipinski definition) is 2. The lowest BCUT2D eigenvalue weighted by Gasteiger charge is -2.38. The van der Waals surface area contributed by atoms with Crippen LogP contribution in [0.1, 0.15) is 45.4 Å². The fourth-order valence-electron chi connectivity index (χ4n) is 2.33. The van der Waals surface area contributed by atoms with E-state index in [4.69, 9.17) is 5.73 Å². The van der Waals surface area contributed by atoms with Gasteiger partial charge in [0.1, 0.15) is 0 Å². The normalized spacial score (nSPS) is 35.5. The van der Waals surface area contributed by atoms with E-state index in [1.807, 2.05) is 0 Å². The molecule has 0 saturated heterocycles. The summed E-state index contributed by atoms with van der Waals surface area (Å²) in [5.41, 5.74) is 6.30. The van der Waals surface area contributed by atoms with Crippen LogP contribution in [0.2, 0.25) is 0 Å². The SMILES string of the molecule is CCCC1CC1NCC1(N)CCC1. The molecule has 0 bridgehead atoms. The molecule has 3 N–H and O–H groups in total. The van der Waals surface area contributed by atoms with Crippen molar-refractivity contribution in [1.82, 2.24) is 5.32 Å². The summed E-state index contributed by atoms with van der Waals surface area (Å²) < 4.78 is 0. The second kappa shape index (κ2) is 3.58. The molecule has 2 aliphatic carbocycles. The van der Waals surface area contributed by atoms with Gasteiger partial charge in [0, 0.05) is 18.1 Å². The van der Waals surface area contributed by atoms with Crippen LogP contribution in [0, 0.1) is 5.92 Å². The van der Waals surface area contributed by atoms with E-state index in [0.29, 0.717) is 0 Å². The molecule has 2 rings (SSSR count). The first kappa shape index (κ1) is 9.47. The maximum absolute atomic E-state index is 6.14. The minimum atomic E-state index is 0.166. The van der Waals surface area contributed by atoms with Crippen LogP contribution >= 0.6 is 0 Å². The molecule has 0 radical (unpaired) electrons. The molecule has 0 aromatic rings. The van der Waals surface area contributed by atoms with Crippen molar-refractivity contribution in [3.05, 3.63) is 0 Å². The van der Waals surface area contributed by atoms with E-state index in [1.54, 1.807) is 0 Å². The summed E-state index contributed by atoms with van der Waals surface area (Å²) in [6.45, 7) is 3.32. The maximum Gasteiger partial charge on any atom is 0.0280 e. The van der Waals surface area contributed by atoms with Gasteiger partial charge in [-0.15, -0.1) is 0 Å². The summed E-state index contributed by atoms with van der Waals surface area (Å²) >= 11 is 0. The molecule has 0 spiro atoms. The van der Waals surface area contributed by atoms with Crippen molar-refractivity contribution in [1.29, 1.82) is 0 Å². The number of rotatable bonds is 5. The molecule has 0 aliphatic heterocycles. The summed E-state index contributed by atoms with van der Waals surface area (Å²) in [6, 6.07) is 0.806. The van der Waals surface area contributed by atoms with E-state index in [9.17, 15) is 0 Å². The zero-order chi connectivity index (χ0) is 9.31. The lowest BCUT2D eigenvalue weighted by molar-refractivity contribution is 0.237. The molecule has 2 heteroatoms. The minimum Gasteiger partial charge on any atom is -0.324 e. The Labute approximate surface area is 81.3 Å². The number of nitrogens with two attached hydrogens (primary N) is 1. The third-order valence-electron chi connectivity index (χ3n) is 3.65. The molecule has 0 aromatic heterocycles. The van der Waals surface area contributed by atoms with Gasteiger partial charge >= 0.3 is 0 Å². The highest BCUT2D eigenvalue weighted by molar-refractivity contribution is 4.99. The van der Waals surface area contributed by atoms with Crippen LogP contribution in [0.3, 0.4) is 0 Å². The van der Waals surface area contributed by atoms with Crippen molar-refractivity contribution in [2.75, 3.05) is 6.54 Å². The first-order valence-corrected chi connectivity index (χ1v) is 5.76. The zero-order valence-corrected chi connectivity index (χ0v) is 8.68. The Hall–Kier alpha value is -0.0800. The first-order valence-electron chi connectivity index (χ1n) is 5.76. The van der Waals surface area contributed by atoms with E-state index in [1.165, 1.54) is 38.5 Å². The minimum absolute atomic E-state index is 0.166. The fourth-order valence-corrected chi connectivity index (χ4v) is 2.33. The third-order valence-corrected chi connectivity index (χ3v) is 3.65. The smallest absolute Gasteiger partial charge is 0.0280 e. The summed E-state index contributed by atoms with van der Waals surface area (Å²) in [5, 5.41) is 3.61. The molecular weight excluding hydrogens is 160 g/mol. The van der Waals surface area contributed by atoms with Crippen molar-refractivity contribution in [2.45, 2.75) is 57.0 Å². The van der Waals surface area contributed by atoms with E-state index in [-0.39, 0.29) is 5.54 Å². The molecule has 13 heavy (non-hydrogen) atoms. The molecule has 0 amide bonds. The van der Waals surface area contributed by atoms with Crippen LogP contribution in [-0.4, -0.2) is 18.1 Å². The Bertz CT molecular complexity index is 175. The van der Waals surface area contributed by atoms with Gasteiger partial charge in [0.15, 0.2) is 0 Å². The zero-order valence-electron chi connectivity index (χ0n) is 8.68. The van der Waals surface area contributed by atoms with Crippen LogP contribution in [-0.2, 0) is 0 Å². The highest BCUT2D eigenvalue weighted by atomic mass is 15.0. The topological polar surface area (TPSA) is 38.0 Å². The van der Waals surface area contributed by atoms with Crippen LogP contribution < -0.4 is 11.1 Å². The van der Waals surface area contributed by atoms with Gasteiger partial charge in [-0.3, -0.25) is 0 Å². The summed E-state index contributed by atoms with van der Waals surface area (Å²) in [6.07, 6.45) is 7.91. The van der Waals surface area contributed by atoms with Crippen LogP contribution in [0.25, 0.3) is 0 Å². The van der Waals surface area contributed by atoms with Gasteiger partial charge in [0.2, 0.25) is 0 Å². The lowest BCUT2D eigenvalue weighted by Crippen LogP contribution is -2.54. The van der Waals surface area contributed by atoms with Gasteiger partial charge in [0.05, 0.1) is 0 Å². The molecular formula is C11H22N2. The molecule has 2 fully saturated rings. The second-order valence-electron chi connectivity index (χ2n) is 4.99. The summed E-state index contributed by atoms with van der Waals surface area (Å²) in [5.74, 6) is 0.966. The lowest BCUT2D eigenvalue weighted by atomic mass is 9.78. The van der Waals surface area contributed by atoms with Crippen molar-refractivity contribution in [2.24, 2.45) is 11.7 Å². The molecule has 2 aliphatic rings. The van der Waals surface area contributed by atoms with Crippen LogP contribution in [0.15, 0.2) is 0 Å². The van der Waals surface area contributed by atoms with Crippen molar-refractivity contribution < 1.29 is 0 Å². The monoisotopic (exact) mass is 182 g/mol. The highest BCUT2D eigenvalue weighted by Gasteiger charge is 2.39. The molecule has 2 unspecified atom stereocenters. The van der Waals surface area contributed by atoms with Crippen molar-refractivity contribution >= 4 is 0 Å². The number of nitrogens with one attached hydrogen (secondary N) is 1. The molecule has 76 valence electrons. The molecule has 2 nitrogen and oxygen atoms in total. The van der Waals surface area contributed by atoms with Gasteiger partial charge in [-0.05, 0) is 38.0 Å². The quantitative estimate of drug-likeness (QED) is 0.678. The van der Waals surface area contributed by atoms with Gasteiger partial charge in [-0.1, -0.05) is 13.3 Å². The Morgan fingerprint density at radius 3 is 2.77 bits per heavy atom.